The molecule has 0 spiro atoms. The van der Waals surface area contributed by atoms with Crippen molar-refractivity contribution in [1.29, 1.82) is 0 Å². The van der Waals surface area contributed by atoms with Crippen LogP contribution in [0.2, 0.25) is 5.02 Å². The molecule has 0 saturated carbocycles. The molecule has 1 saturated heterocycles. The van der Waals surface area contributed by atoms with E-state index in [-0.39, 0.29) is 0 Å². The van der Waals surface area contributed by atoms with Gasteiger partial charge < -0.3 is 5.32 Å². The second-order valence-corrected chi connectivity index (χ2v) is 6.69. The molecule has 100 valence electrons. The van der Waals surface area contributed by atoms with E-state index in [0.717, 1.165) is 23.2 Å². The summed E-state index contributed by atoms with van der Waals surface area (Å²) in [4.78, 5) is 0. The lowest BCUT2D eigenvalue weighted by Gasteiger charge is -2.30. The molecule has 1 fully saturated rings. The van der Waals surface area contributed by atoms with E-state index in [2.05, 4.69) is 42.2 Å². The number of rotatable bonds is 5. The minimum atomic E-state index is 0.582. The first-order valence-electron chi connectivity index (χ1n) is 6.89. The predicted molar refractivity (Wildman–Crippen MR) is 82.7 cm³/mol. The van der Waals surface area contributed by atoms with E-state index in [1.165, 1.54) is 30.6 Å². The van der Waals surface area contributed by atoms with Crippen molar-refractivity contribution >= 4 is 23.4 Å². The van der Waals surface area contributed by atoms with Gasteiger partial charge in [-0.15, -0.1) is 0 Å². The number of thioether (sulfide) groups is 1. The van der Waals surface area contributed by atoms with Crippen molar-refractivity contribution in [2.75, 3.05) is 12.3 Å². The van der Waals surface area contributed by atoms with Crippen molar-refractivity contribution in [2.24, 2.45) is 0 Å². The van der Waals surface area contributed by atoms with Crippen LogP contribution in [-0.4, -0.2) is 23.6 Å². The molecular formula is C15H22ClNS. The van der Waals surface area contributed by atoms with Crippen LogP contribution < -0.4 is 5.32 Å². The zero-order valence-corrected chi connectivity index (χ0v) is 12.6. The van der Waals surface area contributed by atoms with E-state index in [1.54, 1.807) is 0 Å². The van der Waals surface area contributed by atoms with Crippen molar-refractivity contribution < 1.29 is 0 Å². The maximum Gasteiger partial charge on any atom is 0.0408 e. The minimum absolute atomic E-state index is 0.582. The van der Waals surface area contributed by atoms with Crippen LogP contribution in [0.4, 0.5) is 0 Å². The van der Waals surface area contributed by atoms with Gasteiger partial charge in [0.15, 0.2) is 0 Å². The van der Waals surface area contributed by atoms with Crippen LogP contribution in [0, 0.1) is 0 Å². The van der Waals surface area contributed by atoms with Crippen LogP contribution in [-0.2, 0) is 6.42 Å². The summed E-state index contributed by atoms with van der Waals surface area (Å²) in [6.45, 7) is 3.24. The summed E-state index contributed by atoms with van der Waals surface area (Å²) in [5, 5.41) is 5.26. The Labute approximate surface area is 120 Å². The van der Waals surface area contributed by atoms with E-state index in [4.69, 9.17) is 11.6 Å². The van der Waals surface area contributed by atoms with Gasteiger partial charge in [-0.25, -0.2) is 0 Å². The fraction of sp³-hybridized carbons (Fsp3) is 0.600. The predicted octanol–water partition coefficient (Wildman–Crippen LogP) is 4.15. The standard InChI is InChI=1S/C15H22ClNS/c1-2-17-14(15-8-3-4-9-18-15)11-12-6-5-7-13(16)10-12/h5-7,10,14-15,17H,2-4,8-9,11H2,1H3. The third-order valence-corrected chi connectivity index (χ3v) is 5.23. The summed E-state index contributed by atoms with van der Waals surface area (Å²) in [6, 6.07) is 8.86. The molecule has 0 radical (unpaired) electrons. The molecular weight excluding hydrogens is 262 g/mol. The van der Waals surface area contributed by atoms with E-state index >= 15 is 0 Å². The molecule has 0 aromatic heterocycles. The Kier molecular flexibility index (Phi) is 5.87. The third-order valence-electron chi connectivity index (χ3n) is 3.47. The van der Waals surface area contributed by atoms with Gasteiger partial charge in [0, 0.05) is 16.3 Å². The average molecular weight is 284 g/mol. The summed E-state index contributed by atoms with van der Waals surface area (Å²) < 4.78 is 0. The van der Waals surface area contributed by atoms with E-state index in [1.807, 2.05) is 6.07 Å². The first-order valence-corrected chi connectivity index (χ1v) is 8.31. The number of halogens is 1. The van der Waals surface area contributed by atoms with Crippen molar-refractivity contribution in [3.63, 3.8) is 0 Å². The lowest BCUT2D eigenvalue weighted by molar-refractivity contribution is 0.472. The van der Waals surface area contributed by atoms with E-state index in [0.29, 0.717) is 6.04 Å². The van der Waals surface area contributed by atoms with Gasteiger partial charge in [0.2, 0.25) is 0 Å². The number of nitrogens with one attached hydrogen (secondary N) is 1. The monoisotopic (exact) mass is 283 g/mol. The second kappa shape index (κ2) is 7.42. The van der Waals surface area contributed by atoms with Crippen molar-refractivity contribution in [3.8, 4) is 0 Å². The van der Waals surface area contributed by atoms with Crippen molar-refractivity contribution in [1.82, 2.24) is 5.32 Å². The lowest BCUT2D eigenvalue weighted by Crippen LogP contribution is -2.41. The zero-order valence-electron chi connectivity index (χ0n) is 11.0. The zero-order chi connectivity index (χ0) is 12.8. The molecule has 1 heterocycles. The molecule has 2 rings (SSSR count). The highest BCUT2D eigenvalue weighted by atomic mass is 35.5. The Morgan fingerprint density at radius 3 is 3.00 bits per heavy atom. The van der Waals surface area contributed by atoms with Crippen LogP contribution >= 0.6 is 23.4 Å². The van der Waals surface area contributed by atoms with Crippen LogP contribution in [0.1, 0.15) is 31.7 Å². The summed E-state index contributed by atoms with van der Waals surface area (Å²) in [5.74, 6) is 1.32. The molecule has 2 atom stereocenters. The number of hydrogen-bond acceptors (Lipinski definition) is 2. The molecule has 1 aliphatic rings. The molecule has 1 nitrogen and oxygen atoms in total. The lowest BCUT2D eigenvalue weighted by atomic mass is 9.99. The topological polar surface area (TPSA) is 12.0 Å². The van der Waals surface area contributed by atoms with Crippen LogP contribution in [0.15, 0.2) is 24.3 Å². The number of benzene rings is 1. The summed E-state index contributed by atoms with van der Waals surface area (Å²) in [7, 11) is 0. The molecule has 18 heavy (non-hydrogen) atoms. The summed E-state index contributed by atoms with van der Waals surface area (Å²) >= 11 is 8.20. The van der Waals surface area contributed by atoms with Gasteiger partial charge in [0.05, 0.1) is 0 Å². The van der Waals surface area contributed by atoms with Gasteiger partial charge in [-0.1, -0.05) is 37.1 Å². The molecule has 0 bridgehead atoms. The van der Waals surface area contributed by atoms with E-state index < -0.39 is 0 Å². The van der Waals surface area contributed by atoms with Crippen molar-refractivity contribution in [3.05, 3.63) is 34.9 Å². The van der Waals surface area contributed by atoms with Crippen LogP contribution in [0.25, 0.3) is 0 Å². The first-order chi connectivity index (χ1) is 8.79. The second-order valence-electron chi connectivity index (χ2n) is 4.90. The molecule has 0 aliphatic carbocycles. The Balaban J connectivity index is 2.00. The van der Waals surface area contributed by atoms with Gasteiger partial charge >= 0.3 is 0 Å². The highest BCUT2D eigenvalue weighted by Gasteiger charge is 2.23. The molecule has 1 aliphatic heterocycles. The fourth-order valence-corrected chi connectivity index (χ4v) is 4.24. The highest BCUT2D eigenvalue weighted by molar-refractivity contribution is 8.00. The van der Waals surface area contributed by atoms with Gasteiger partial charge in [-0.3, -0.25) is 0 Å². The Hall–Kier alpha value is -0.180. The fourth-order valence-electron chi connectivity index (χ4n) is 2.60. The molecule has 2 unspecified atom stereocenters. The molecule has 1 aromatic rings. The number of likely N-dealkylation sites (N-methyl/N-ethyl adjacent to an activating group) is 1. The largest absolute Gasteiger partial charge is 0.313 e. The van der Waals surface area contributed by atoms with Crippen molar-refractivity contribution in [2.45, 2.75) is 43.9 Å². The minimum Gasteiger partial charge on any atom is -0.313 e. The Bertz CT molecular complexity index is 363. The van der Waals surface area contributed by atoms with Gasteiger partial charge in [0.25, 0.3) is 0 Å². The molecule has 3 heteroatoms. The summed E-state index contributed by atoms with van der Waals surface area (Å²) in [5.41, 5.74) is 1.35. The third kappa shape index (κ3) is 4.18. The number of hydrogen-bond donors (Lipinski definition) is 1. The Morgan fingerprint density at radius 2 is 2.33 bits per heavy atom. The van der Waals surface area contributed by atoms with Gasteiger partial charge in [0.1, 0.15) is 0 Å². The first kappa shape index (κ1) is 14.2. The molecule has 1 N–H and O–H groups in total. The summed E-state index contributed by atoms with van der Waals surface area (Å²) in [6.07, 6.45) is 5.21. The SMILES string of the molecule is CCNC(Cc1cccc(Cl)c1)C1CCCCS1. The quantitative estimate of drug-likeness (QED) is 0.871. The maximum atomic E-state index is 6.07. The Morgan fingerprint density at radius 1 is 1.44 bits per heavy atom. The highest BCUT2D eigenvalue weighted by Crippen LogP contribution is 2.29. The van der Waals surface area contributed by atoms with Gasteiger partial charge in [-0.2, -0.15) is 11.8 Å². The van der Waals surface area contributed by atoms with E-state index in [9.17, 15) is 0 Å². The molecule has 0 amide bonds. The van der Waals surface area contributed by atoms with Gasteiger partial charge in [-0.05, 0) is 49.3 Å². The van der Waals surface area contributed by atoms with Crippen LogP contribution in [0.5, 0.6) is 0 Å². The normalized spacial score (nSPS) is 21.8. The smallest absolute Gasteiger partial charge is 0.0408 e. The average Bonchev–Trinajstić information content (AvgIpc) is 2.39. The van der Waals surface area contributed by atoms with Crippen LogP contribution in [0.3, 0.4) is 0 Å². The molecule has 1 aromatic carbocycles. The maximum absolute atomic E-state index is 6.07.